The summed E-state index contributed by atoms with van der Waals surface area (Å²) in [4.78, 5) is 37.2. The Morgan fingerprint density at radius 1 is 1.29 bits per heavy atom. The molecule has 1 heterocycles. The van der Waals surface area contributed by atoms with E-state index >= 15 is 0 Å². The number of nitrogens with zero attached hydrogens (tertiary/aromatic N) is 1. The minimum Gasteiger partial charge on any atom is -0.352 e. The van der Waals surface area contributed by atoms with Gasteiger partial charge < -0.3 is 5.32 Å². The van der Waals surface area contributed by atoms with Gasteiger partial charge in [-0.05, 0) is 31.0 Å². The quantitative estimate of drug-likeness (QED) is 0.868. The number of halogens is 1. The van der Waals surface area contributed by atoms with Crippen molar-refractivity contribution in [3.8, 4) is 0 Å². The van der Waals surface area contributed by atoms with Crippen LogP contribution in [0.15, 0.2) is 18.2 Å². The SMILES string of the molecule is O=C(CN1C(=O)C(=O)c2cc(Cl)ccc21)NC1CCCC1. The van der Waals surface area contributed by atoms with Crippen molar-refractivity contribution in [3.05, 3.63) is 28.8 Å². The second kappa shape index (κ2) is 5.48. The first-order valence-electron chi connectivity index (χ1n) is 7.01. The molecule has 6 heteroatoms. The third-order valence-corrected chi connectivity index (χ3v) is 4.19. The molecule has 110 valence electrons. The third-order valence-electron chi connectivity index (χ3n) is 3.96. The second-order valence-corrected chi connectivity index (χ2v) is 5.87. The molecule has 1 aliphatic heterocycles. The van der Waals surface area contributed by atoms with Crippen molar-refractivity contribution in [1.82, 2.24) is 5.32 Å². The van der Waals surface area contributed by atoms with Crippen LogP contribution in [0.3, 0.4) is 0 Å². The molecule has 1 saturated carbocycles. The van der Waals surface area contributed by atoms with E-state index in [1.807, 2.05) is 0 Å². The van der Waals surface area contributed by atoms with Crippen molar-refractivity contribution in [1.29, 1.82) is 0 Å². The zero-order valence-electron chi connectivity index (χ0n) is 11.4. The topological polar surface area (TPSA) is 66.5 Å². The van der Waals surface area contributed by atoms with Crippen LogP contribution in [0.1, 0.15) is 36.0 Å². The molecule has 0 saturated heterocycles. The number of ketones is 1. The van der Waals surface area contributed by atoms with Crippen LogP contribution in [0.25, 0.3) is 0 Å². The molecule has 0 unspecified atom stereocenters. The van der Waals surface area contributed by atoms with E-state index in [1.54, 1.807) is 12.1 Å². The van der Waals surface area contributed by atoms with E-state index in [0.29, 0.717) is 10.7 Å². The summed E-state index contributed by atoms with van der Waals surface area (Å²) in [7, 11) is 0. The average Bonchev–Trinajstić information content (AvgIpc) is 3.02. The Morgan fingerprint density at radius 3 is 2.71 bits per heavy atom. The molecule has 1 fully saturated rings. The lowest BCUT2D eigenvalue weighted by Crippen LogP contribution is -2.43. The van der Waals surface area contributed by atoms with E-state index in [1.165, 1.54) is 11.0 Å². The van der Waals surface area contributed by atoms with E-state index in [-0.39, 0.29) is 24.1 Å². The van der Waals surface area contributed by atoms with Gasteiger partial charge in [0.1, 0.15) is 6.54 Å². The van der Waals surface area contributed by atoms with Crippen LogP contribution in [0.4, 0.5) is 5.69 Å². The van der Waals surface area contributed by atoms with Crippen molar-refractivity contribution in [2.45, 2.75) is 31.7 Å². The van der Waals surface area contributed by atoms with Gasteiger partial charge in [0.25, 0.3) is 11.7 Å². The van der Waals surface area contributed by atoms with E-state index < -0.39 is 11.7 Å². The number of fused-ring (bicyclic) bond motifs is 1. The van der Waals surface area contributed by atoms with Gasteiger partial charge in [0.15, 0.2) is 0 Å². The smallest absolute Gasteiger partial charge is 0.299 e. The fourth-order valence-electron chi connectivity index (χ4n) is 2.92. The number of carbonyl (C=O) groups is 3. The summed E-state index contributed by atoms with van der Waals surface area (Å²) in [6.07, 6.45) is 4.19. The second-order valence-electron chi connectivity index (χ2n) is 5.43. The molecule has 1 aromatic carbocycles. The summed E-state index contributed by atoms with van der Waals surface area (Å²) in [6.45, 7) is -0.129. The van der Waals surface area contributed by atoms with Gasteiger partial charge in [0, 0.05) is 11.1 Å². The number of benzene rings is 1. The first kappa shape index (κ1) is 14.1. The maximum atomic E-state index is 12.0. The maximum absolute atomic E-state index is 12.0. The standard InChI is InChI=1S/C15H15ClN2O3/c16-9-5-6-12-11(7-9)14(20)15(21)18(12)8-13(19)17-10-3-1-2-4-10/h5-7,10H,1-4,8H2,(H,17,19). The molecule has 0 aromatic heterocycles. The predicted molar refractivity (Wildman–Crippen MR) is 78.5 cm³/mol. The van der Waals surface area contributed by atoms with Crippen molar-refractivity contribution in [2.24, 2.45) is 0 Å². The summed E-state index contributed by atoms with van der Waals surface area (Å²) < 4.78 is 0. The first-order valence-corrected chi connectivity index (χ1v) is 7.39. The third kappa shape index (κ3) is 2.65. The monoisotopic (exact) mass is 306 g/mol. The number of Topliss-reactive ketones (excluding diaryl/α,β-unsaturated/α-hetero) is 1. The van der Waals surface area contributed by atoms with Crippen LogP contribution >= 0.6 is 11.6 Å². The Hall–Kier alpha value is -1.88. The van der Waals surface area contributed by atoms with E-state index in [0.717, 1.165) is 25.7 Å². The lowest BCUT2D eigenvalue weighted by molar-refractivity contribution is -0.122. The summed E-state index contributed by atoms with van der Waals surface area (Å²) in [5, 5.41) is 3.31. The number of hydrogen-bond donors (Lipinski definition) is 1. The molecule has 5 nitrogen and oxygen atoms in total. The summed E-state index contributed by atoms with van der Waals surface area (Å²) in [5.41, 5.74) is 0.720. The highest BCUT2D eigenvalue weighted by Crippen LogP contribution is 2.31. The number of rotatable bonds is 3. The molecule has 1 aromatic rings. The van der Waals surface area contributed by atoms with Gasteiger partial charge in [0.05, 0.1) is 11.3 Å². The van der Waals surface area contributed by atoms with Gasteiger partial charge in [-0.25, -0.2) is 0 Å². The molecule has 2 aliphatic rings. The van der Waals surface area contributed by atoms with Gasteiger partial charge in [-0.3, -0.25) is 19.3 Å². The lowest BCUT2D eigenvalue weighted by Gasteiger charge is -2.18. The van der Waals surface area contributed by atoms with Gasteiger partial charge in [-0.15, -0.1) is 0 Å². The molecule has 0 bridgehead atoms. The summed E-state index contributed by atoms with van der Waals surface area (Å²) in [5.74, 6) is -1.51. The molecule has 3 rings (SSSR count). The Kier molecular flexibility index (Phi) is 3.68. The van der Waals surface area contributed by atoms with Gasteiger partial charge in [-0.1, -0.05) is 24.4 Å². The largest absolute Gasteiger partial charge is 0.352 e. The lowest BCUT2D eigenvalue weighted by atomic mass is 10.1. The van der Waals surface area contributed by atoms with Crippen LogP contribution < -0.4 is 10.2 Å². The molecule has 0 spiro atoms. The van der Waals surface area contributed by atoms with Crippen LogP contribution in [0.5, 0.6) is 0 Å². The van der Waals surface area contributed by atoms with Crippen molar-refractivity contribution in [2.75, 3.05) is 11.4 Å². The summed E-state index contributed by atoms with van der Waals surface area (Å²) in [6, 6.07) is 4.86. The summed E-state index contributed by atoms with van der Waals surface area (Å²) >= 11 is 5.84. The van der Waals surface area contributed by atoms with Crippen LogP contribution in [-0.2, 0) is 9.59 Å². The van der Waals surface area contributed by atoms with Crippen LogP contribution in [0.2, 0.25) is 5.02 Å². The van der Waals surface area contributed by atoms with Gasteiger partial charge in [0.2, 0.25) is 5.91 Å². The number of hydrogen-bond acceptors (Lipinski definition) is 3. The van der Waals surface area contributed by atoms with Gasteiger partial charge >= 0.3 is 0 Å². The zero-order chi connectivity index (χ0) is 15.0. The average molecular weight is 307 g/mol. The highest BCUT2D eigenvalue weighted by Gasteiger charge is 2.37. The maximum Gasteiger partial charge on any atom is 0.299 e. The number of carbonyl (C=O) groups excluding carboxylic acids is 3. The van der Waals surface area contributed by atoms with E-state index in [9.17, 15) is 14.4 Å². The Morgan fingerprint density at radius 2 is 2.00 bits per heavy atom. The molecular weight excluding hydrogens is 292 g/mol. The number of amides is 2. The highest BCUT2D eigenvalue weighted by atomic mass is 35.5. The molecule has 1 N–H and O–H groups in total. The van der Waals surface area contributed by atoms with Crippen LogP contribution in [0, 0.1) is 0 Å². The Bertz CT molecular complexity index is 623. The minimum atomic E-state index is -0.672. The van der Waals surface area contributed by atoms with E-state index in [4.69, 9.17) is 11.6 Å². The Balaban J connectivity index is 1.75. The number of anilines is 1. The molecule has 0 radical (unpaired) electrons. The molecule has 2 amide bonds. The predicted octanol–water partition coefficient (Wildman–Crippen LogP) is 1.93. The molecule has 0 atom stereocenters. The van der Waals surface area contributed by atoms with E-state index in [2.05, 4.69) is 5.32 Å². The highest BCUT2D eigenvalue weighted by molar-refractivity contribution is 6.53. The fourth-order valence-corrected chi connectivity index (χ4v) is 3.09. The molecule has 21 heavy (non-hydrogen) atoms. The fraction of sp³-hybridized carbons (Fsp3) is 0.400. The first-order chi connectivity index (χ1) is 10.1. The number of nitrogens with one attached hydrogen (secondary N) is 1. The van der Waals surface area contributed by atoms with Gasteiger partial charge in [-0.2, -0.15) is 0 Å². The molecular formula is C15H15ClN2O3. The normalized spacial score (nSPS) is 18.2. The van der Waals surface area contributed by atoms with Crippen molar-refractivity contribution < 1.29 is 14.4 Å². The Labute approximate surface area is 127 Å². The van der Waals surface area contributed by atoms with Crippen molar-refractivity contribution >= 4 is 34.9 Å². The minimum absolute atomic E-state index is 0.129. The molecule has 1 aliphatic carbocycles. The van der Waals surface area contributed by atoms with Crippen LogP contribution in [-0.4, -0.2) is 30.2 Å². The zero-order valence-corrected chi connectivity index (χ0v) is 12.2. The van der Waals surface area contributed by atoms with Crippen molar-refractivity contribution in [3.63, 3.8) is 0 Å².